The summed E-state index contributed by atoms with van der Waals surface area (Å²) in [5.74, 6) is 0.104. The first-order valence-electron chi connectivity index (χ1n) is 5.71. The van der Waals surface area contributed by atoms with E-state index in [0.29, 0.717) is 17.3 Å². The second-order valence-electron chi connectivity index (χ2n) is 3.98. The van der Waals surface area contributed by atoms with Crippen LogP contribution in [0.4, 0.5) is 4.39 Å². The third-order valence-electron chi connectivity index (χ3n) is 2.54. The van der Waals surface area contributed by atoms with Crippen molar-refractivity contribution in [3.63, 3.8) is 0 Å². The highest BCUT2D eigenvalue weighted by atomic mass is 79.9. The Kier molecular flexibility index (Phi) is 4.80. The highest BCUT2D eigenvalue weighted by molar-refractivity contribution is 9.10. The van der Waals surface area contributed by atoms with E-state index in [1.165, 1.54) is 6.07 Å². The van der Waals surface area contributed by atoms with Gasteiger partial charge < -0.3 is 10.5 Å². The van der Waals surface area contributed by atoms with Crippen LogP contribution in [0.5, 0.6) is 11.5 Å². The smallest absolute Gasteiger partial charge is 0.165 e. The van der Waals surface area contributed by atoms with Gasteiger partial charge in [-0.25, -0.2) is 4.39 Å². The number of hydrogen-bond donors (Lipinski definition) is 1. The van der Waals surface area contributed by atoms with E-state index in [1.807, 2.05) is 6.07 Å². The van der Waals surface area contributed by atoms with Crippen molar-refractivity contribution in [2.45, 2.75) is 6.42 Å². The Labute approximate surface area is 124 Å². The predicted molar refractivity (Wildman–Crippen MR) is 78.4 cm³/mol. The summed E-state index contributed by atoms with van der Waals surface area (Å²) in [5, 5.41) is 0.435. The first-order chi connectivity index (χ1) is 9.10. The van der Waals surface area contributed by atoms with E-state index in [2.05, 4.69) is 15.9 Å². The van der Waals surface area contributed by atoms with Gasteiger partial charge in [-0.05, 0) is 48.9 Å². The Morgan fingerprint density at radius 2 is 1.95 bits per heavy atom. The fraction of sp³-hybridized carbons (Fsp3) is 0.143. The molecule has 2 aromatic rings. The maximum absolute atomic E-state index is 13.6. The molecular formula is C14H12BrClFNO. The summed E-state index contributed by atoms with van der Waals surface area (Å²) in [7, 11) is 0. The zero-order valence-electron chi connectivity index (χ0n) is 10.00. The van der Waals surface area contributed by atoms with Crippen molar-refractivity contribution < 1.29 is 9.13 Å². The second kappa shape index (κ2) is 6.37. The summed E-state index contributed by atoms with van der Waals surface area (Å²) in [6.45, 7) is 0.552. The summed E-state index contributed by atoms with van der Waals surface area (Å²) in [6.07, 6.45) is 0.741. The van der Waals surface area contributed by atoms with Gasteiger partial charge in [0, 0.05) is 4.47 Å². The summed E-state index contributed by atoms with van der Waals surface area (Å²) >= 11 is 9.37. The van der Waals surface area contributed by atoms with Gasteiger partial charge in [0.25, 0.3) is 0 Å². The van der Waals surface area contributed by atoms with Gasteiger partial charge in [0.05, 0.1) is 5.02 Å². The van der Waals surface area contributed by atoms with E-state index in [0.717, 1.165) is 16.5 Å². The van der Waals surface area contributed by atoms with Crippen LogP contribution < -0.4 is 10.5 Å². The lowest BCUT2D eigenvalue weighted by Gasteiger charge is -2.10. The number of rotatable bonds is 4. The minimum absolute atomic E-state index is 0.128. The molecule has 2 N–H and O–H groups in total. The zero-order valence-corrected chi connectivity index (χ0v) is 12.3. The molecule has 0 spiro atoms. The van der Waals surface area contributed by atoms with Crippen LogP contribution in [0, 0.1) is 5.82 Å². The van der Waals surface area contributed by atoms with Crippen LogP contribution in [0.3, 0.4) is 0 Å². The van der Waals surface area contributed by atoms with Crippen molar-refractivity contribution in [1.82, 2.24) is 0 Å². The topological polar surface area (TPSA) is 35.2 Å². The molecule has 0 aliphatic heterocycles. The Hall–Kier alpha value is -1.10. The number of benzene rings is 2. The van der Waals surface area contributed by atoms with Gasteiger partial charge in [-0.3, -0.25) is 0 Å². The fourth-order valence-corrected chi connectivity index (χ4v) is 2.20. The number of nitrogens with two attached hydrogens (primary N) is 1. The average molecular weight is 345 g/mol. The molecule has 0 aliphatic carbocycles. The Morgan fingerprint density at radius 1 is 1.16 bits per heavy atom. The van der Waals surface area contributed by atoms with Crippen molar-refractivity contribution >= 4 is 27.5 Å². The summed E-state index contributed by atoms with van der Waals surface area (Å²) < 4.78 is 19.8. The van der Waals surface area contributed by atoms with E-state index < -0.39 is 5.82 Å². The van der Waals surface area contributed by atoms with Gasteiger partial charge >= 0.3 is 0 Å². The lowest BCUT2D eigenvalue weighted by atomic mass is 10.1. The van der Waals surface area contributed by atoms with Crippen LogP contribution >= 0.6 is 27.5 Å². The van der Waals surface area contributed by atoms with E-state index in [1.54, 1.807) is 24.3 Å². The molecule has 0 unspecified atom stereocenters. The molecule has 0 fully saturated rings. The van der Waals surface area contributed by atoms with Crippen molar-refractivity contribution in [1.29, 1.82) is 0 Å². The first-order valence-corrected chi connectivity index (χ1v) is 6.88. The molecule has 2 aromatic carbocycles. The number of ether oxygens (including phenoxy) is 1. The molecule has 0 heterocycles. The molecule has 5 heteroatoms. The third kappa shape index (κ3) is 3.69. The van der Waals surface area contributed by atoms with Gasteiger partial charge in [-0.1, -0.05) is 33.6 Å². The standard InChI is InChI=1S/C14H12BrClFNO/c15-10-2-3-12(17)14(8-10)19-13-4-1-9(5-6-18)7-11(13)16/h1-4,7-8H,5-6,18H2. The van der Waals surface area contributed by atoms with E-state index in [4.69, 9.17) is 22.1 Å². The third-order valence-corrected chi connectivity index (χ3v) is 3.33. The Balaban J connectivity index is 2.25. The van der Waals surface area contributed by atoms with Crippen LogP contribution in [-0.2, 0) is 6.42 Å². The minimum Gasteiger partial charge on any atom is -0.453 e. The predicted octanol–water partition coefficient (Wildman–Crippen LogP) is 4.54. The summed E-state index contributed by atoms with van der Waals surface area (Å²) in [5.41, 5.74) is 6.50. The van der Waals surface area contributed by atoms with Crippen molar-refractivity contribution in [3.8, 4) is 11.5 Å². The highest BCUT2D eigenvalue weighted by Crippen LogP contribution is 2.32. The maximum atomic E-state index is 13.6. The van der Waals surface area contributed by atoms with E-state index in [-0.39, 0.29) is 5.75 Å². The molecule has 19 heavy (non-hydrogen) atoms. The SMILES string of the molecule is NCCc1ccc(Oc2cc(Br)ccc2F)c(Cl)c1. The van der Waals surface area contributed by atoms with E-state index >= 15 is 0 Å². The zero-order chi connectivity index (χ0) is 13.8. The van der Waals surface area contributed by atoms with Crippen LogP contribution in [0.2, 0.25) is 5.02 Å². The number of hydrogen-bond acceptors (Lipinski definition) is 2. The molecule has 0 atom stereocenters. The quantitative estimate of drug-likeness (QED) is 0.884. The Bertz CT molecular complexity index is 592. The maximum Gasteiger partial charge on any atom is 0.165 e. The van der Waals surface area contributed by atoms with Crippen LogP contribution in [-0.4, -0.2) is 6.54 Å². The first kappa shape index (κ1) is 14.3. The summed E-state index contributed by atoms with van der Waals surface area (Å²) in [6, 6.07) is 9.85. The fourth-order valence-electron chi connectivity index (χ4n) is 1.62. The average Bonchev–Trinajstić information content (AvgIpc) is 2.37. The monoisotopic (exact) mass is 343 g/mol. The minimum atomic E-state index is -0.440. The van der Waals surface area contributed by atoms with Crippen LogP contribution in [0.25, 0.3) is 0 Å². The highest BCUT2D eigenvalue weighted by Gasteiger charge is 2.09. The molecule has 2 nitrogen and oxygen atoms in total. The van der Waals surface area contributed by atoms with Gasteiger partial charge in [-0.2, -0.15) is 0 Å². The Morgan fingerprint density at radius 3 is 2.63 bits per heavy atom. The normalized spacial score (nSPS) is 10.5. The molecule has 0 radical (unpaired) electrons. The molecule has 0 saturated heterocycles. The molecule has 0 amide bonds. The molecule has 0 aromatic heterocycles. The molecule has 100 valence electrons. The molecule has 0 aliphatic rings. The van der Waals surface area contributed by atoms with Gasteiger partial charge in [0.15, 0.2) is 11.6 Å². The largest absolute Gasteiger partial charge is 0.453 e. The number of halogens is 3. The molecule has 0 bridgehead atoms. The second-order valence-corrected chi connectivity index (χ2v) is 5.30. The molecule has 2 rings (SSSR count). The van der Waals surface area contributed by atoms with Gasteiger partial charge in [0.2, 0.25) is 0 Å². The lowest BCUT2D eigenvalue weighted by molar-refractivity contribution is 0.442. The van der Waals surface area contributed by atoms with Gasteiger partial charge in [-0.15, -0.1) is 0 Å². The van der Waals surface area contributed by atoms with Crippen molar-refractivity contribution in [2.75, 3.05) is 6.54 Å². The molecular weight excluding hydrogens is 333 g/mol. The van der Waals surface area contributed by atoms with Gasteiger partial charge in [0.1, 0.15) is 5.75 Å². The van der Waals surface area contributed by atoms with E-state index in [9.17, 15) is 4.39 Å². The van der Waals surface area contributed by atoms with Crippen molar-refractivity contribution in [3.05, 3.63) is 57.3 Å². The van der Waals surface area contributed by atoms with Crippen LogP contribution in [0.15, 0.2) is 40.9 Å². The lowest BCUT2D eigenvalue weighted by Crippen LogP contribution is -2.02. The van der Waals surface area contributed by atoms with Crippen LogP contribution in [0.1, 0.15) is 5.56 Å². The molecule has 0 saturated carbocycles. The van der Waals surface area contributed by atoms with Crippen molar-refractivity contribution in [2.24, 2.45) is 5.73 Å². The summed E-state index contributed by atoms with van der Waals surface area (Å²) in [4.78, 5) is 0.